The first-order valence-corrected chi connectivity index (χ1v) is 6.69. The van der Waals surface area contributed by atoms with Gasteiger partial charge in [-0.05, 0) is 39.8 Å². The Kier molecular flexibility index (Phi) is 4.80. The molecule has 1 amide bonds. The second-order valence-corrected chi connectivity index (χ2v) is 6.49. The first-order valence-electron chi connectivity index (χ1n) is 5.81. The predicted molar refractivity (Wildman–Crippen MR) is 74.4 cm³/mol. The minimum atomic E-state index is -0.235. The Morgan fingerprint density at radius 1 is 1.39 bits per heavy atom. The van der Waals surface area contributed by atoms with Gasteiger partial charge < -0.3 is 5.32 Å². The molecule has 0 aliphatic rings. The van der Waals surface area contributed by atoms with Crippen molar-refractivity contribution in [1.29, 1.82) is 5.26 Å². The van der Waals surface area contributed by atoms with Gasteiger partial charge in [-0.1, -0.05) is 12.1 Å². The standard InChI is InChI=1S/C14H18N2OS/c1-10(13(17)16-14(2,3)4)18-12-8-6-5-7-11(12)9-15/h5-8,10H,1-4H3,(H,16,17)/t10-/m0/s1. The number of thioether (sulfide) groups is 1. The normalized spacial score (nSPS) is 12.6. The van der Waals surface area contributed by atoms with Gasteiger partial charge in [0, 0.05) is 10.4 Å². The zero-order valence-electron chi connectivity index (χ0n) is 11.2. The van der Waals surface area contributed by atoms with Crippen LogP contribution in [0.2, 0.25) is 0 Å². The predicted octanol–water partition coefficient (Wildman–Crippen LogP) is 2.95. The van der Waals surface area contributed by atoms with Crippen molar-refractivity contribution in [2.75, 3.05) is 0 Å². The summed E-state index contributed by atoms with van der Waals surface area (Å²) in [5.41, 5.74) is 0.374. The highest BCUT2D eigenvalue weighted by atomic mass is 32.2. The molecule has 0 fully saturated rings. The number of hydrogen-bond acceptors (Lipinski definition) is 3. The molecule has 0 aliphatic carbocycles. The number of hydrogen-bond donors (Lipinski definition) is 1. The van der Waals surface area contributed by atoms with Crippen molar-refractivity contribution in [2.24, 2.45) is 0 Å². The molecule has 1 N–H and O–H groups in total. The van der Waals surface area contributed by atoms with Gasteiger partial charge in [0.2, 0.25) is 5.91 Å². The number of carbonyl (C=O) groups is 1. The number of rotatable bonds is 3. The van der Waals surface area contributed by atoms with Crippen LogP contribution in [0, 0.1) is 11.3 Å². The molecule has 1 rings (SSSR count). The van der Waals surface area contributed by atoms with E-state index >= 15 is 0 Å². The lowest BCUT2D eigenvalue weighted by atomic mass is 10.1. The van der Waals surface area contributed by atoms with Gasteiger partial charge in [-0.15, -0.1) is 11.8 Å². The molecule has 0 aliphatic heterocycles. The number of amides is 1. The summed E-state index contributed by atoms with van der Waals surface area (Å²) in [5, 5.41) is 11.7. The molecule has 0 saturated heterocycles. The van der Waals surface area contributed by atoms with Crippen molar-refractivity contribution in [3.8, 4) is 6.07 Å². The van der Waals surface area contributed by atoms with Crippen molar-refractivity contribution < 1.29 is 4.79 Å². The van der Waals surface area contributed by atoms with Gasteiger partial charge in [-0.2, -0.15) is 5.26 Å². The third-order valence-electron chi connectivity index (χ3n) is 2.18. The molecule has 0 unspecified atom stereocenters. The maximum atomic E-state index is 11.9. The number of benzene rings is 1. The lowest BCUT2D eigenvalue weighted by molar-refractivity contribution is -0.121. The molecule has 1 atom stereocenters. The summed E-state index contributed by atoms with van der Waals surface area (Å²) in [7, 11) is 0. The highest BCUT2D eigenvalue weighted by molar-refractivity contribution is 8.00. The maximum Gasteiger partial charge on any atom is 0.233 e. The van der Waals surface area contributed by atoms with Crippen LogP contribution in [0.15, 0.2) is 29.2 Å². The Morgan fingerprint density at radius 2 is 2.00 bits per heavy atom. The van der Waals surface area contributed by atoms with E-state index < -0.39 is 0 Å². The Labute approximate surface area is 113 Å². The molecule has 1 aromatic carbocycles. The van der Waals surface area contributed by atoms with Crippen molar-refractivity contribution in [1.82, 2.24) is 5.32 Å². The summed E-state index contributed by atoms with van der Waals surface area (Å²) < 4.78 is 0. The number of nitrogens with zero attached hydrogens (tertiary/aromatic N) is 1. The molecule has 96 valence electrons. The fraction of sp³-hybridized carbons (Fsp3) is 0.429. The topological polar surface area (TPSA) is 52.9 Å². The lowest BCUT2D eigenvalue weighted by Crippen LogP contribution is -2.44. The summed E-state index contributed by atoms with van der Waals surface area (Å²) in [4.78, 5) is 12.8. The molecule has 3 nitrogen and oxygen atoms in total. The molecule has 0 bridgehead atoms. The van der Waals surface area contributed by atoms with Gasteiger partial charge in [0.15, 0.2) is 0 Å². The van der Waals surface area contributed by atoms with E-state index in [2.05, 4.69) is 11.4 Å². The van der Waals surface area contributed by atoms with E-state index in [1.165, 1.54) is 11.8 Å². The van der Waals surface area contributed by atoms with Crippen LogP contribution >= 0.6 is 11.8 Å². The summed E-state index contributed by atoms with van der Waals surface area (Å²) >= 11 is 1.41. The van der Waals surface area contributed by atoms with Crippen LogP contribution in [0.1, 0.15) is 33.3 Å². The Morgan fingerprint density at radius 3 is 2.56 bits per heavy atom. The molecular weight excluding hydrogens is 244 g/mol. The molecule has 0 aromatic heterocycles. The fourth-order valence-electron chi connectivity index (χ4n) is 1.38. The molecule has 0 heterocycles. The highest BCUT2D eigenvalue weighted by Gasteiger charge is 2.20. The summed E-state index contributed by atoms with van der Waals surface area (Å²) in [5.74, 6) is -0.0137. The third kappa shape index (κ3) is 4.42. The largest absolute Gasteiger partial charge is 0.351 e. The van der Waals surface area contributed by atoms with Crippen LogP contribution in [-0.2, 0) is 4.79 Å². The number of nitrogens with one attached hydrogen (secondary N) is 1. The molecule has 0 spiro atoms. The van der Waals surface area contributed by atoms with Gasteiger partial charge in [0.25, 0.3) is 0 Å². The van der Waals surface area contributed by atoms with Gasteiger partial charge in [-0.25, -0.2) is 0 Å². The van der Waals surface area contributed by atoms with E-state index in [0.29, 0.717) is 5.56 Å². The van der Waals surface area contributed by atoms with Crippen molar-refractivity contribution >= 4 is 17.7 Å². The maximum absolute atomic E-state index is 11.9. The third-order valence-corrected chi connectivity index (χ3v) is 3.36. The SMILES string of the molecule is C[C@H](Sc1ccccc1C#N)C(=O)NC(C)(C)C. The Balaban J connectivity index is 2.73. The van der Waals surface area contributed by atoms with Gasteiger partial charge in [-0.3, -0.25) is 4.79 Å². The van der Waals surface area contributed by atoms with Crippen LogP contribution in [0.25, 0.3) is 0 Å². The van der Waals surface area contributed by atoms with Crippen molar-refractivity contribution in [3.05, 3.63) is 29.8 Å². The van der Waals surface area contributed by atoms with E-state index in [1.54, 1.807) is 6.07 Å². The van der Waals surface area contributed by atoms with E-state index in [1.807, 2.05) is 45.9 Å². The zero-order chi connectivity index (χ0) is 13.8. The van der Waals surface area contributed by atoms with E-state index in [0.717, 1.165) is 4.90 Å². The van der Waals surface area contributed by atoms with Gasteiger partial charge >= 0.3 is 0 Å². The fourth-order valence-corrected chi connectivity index (χ4v) is 2.32. The highest BCUT2D eigenvalue weighted by Crippen LogP contribution is 2.26. The van der Waals surface area contributed by atoms with Gasteiger partial charge in [0.05, 0.1) is 10.8 Å². The summed E-state index contributed by atoms with van der Waals surface area (Å²) in [6.07, 6.45) is 0. The quantitative estimate of drug-likeness (QED) is 0.852. The minimum absolute atomic E-state index is 0.0137. The summed E-state index contributed by atoms with van der Waals surface area (Å²) in [6.45, 7) is 7.70. The number of carbonyl (C=O) groups excluding carboxylic acids is 1. The first-order chi connectivity index (χ1) is 8.33. The van der Waals surface area contributed by atoms with Gasteiger partial charge in [0.1, 0.15) is 6.07 Å². The van der Waals surface area contributed by atoms with Crippen LogP contribution in [0.4, 0.5) is 0 Å². The Bertz CT molecular complexity index is 471. The molecule has 1 aromatic rings. The average Bonchev–Trinajstić information content (AvgIpc) is 2.27. The summed E-state index contributed by atoms with van der Waals surface area (Å²) in [6, 6.07) is 9.46. The van der Waals surface area contributed by atoms with Crippen molar-refractivity contribution in [2.45, 2.75) is 43.4 Å². The second-order valence-electron chi connectivity index (χ2n) is 5.11. The van der Waals surface area contributed by atoms with E-state index in [9.17, 15) is 4.79 Å². The average molecular weight is 262 g/mol. The smallest absolute Gasteiger partial charge is 0.233 e. The van der Waals surface area contributed by atoms with Crippen LogP contribution in [0.5, 0.6) is 0 Å². The Hall–Kier alpha value is -1.47. The van der Waals surface area contributed by atoms with Crippen LogP contribution < -0.4 is 5.32 Å². The van der Waals surface area contributed by atoms with Crippen molar-refractivity contribution in [3.63, 3.8) is 0 Å². The number of nitriles is 1. The molecule has 0 radical (unpaired) electrons. The monoisotopic (exact) mass is 262 g/mol. The second kappa shape index (κ2) is 5.92. The minimum Gasteiger partial charge on any atom is -0.351 e. The lowest BCUT2D eigenvalue weighted by Gasteiger charge is -2.23. The molecule has 4 heteroatoms. The van der Waals surface area contributed by atoms with Crippen LogP contribution in [0.3, 0.4) is 0 Å². The zero-order valence-corrected chi connectivity index (χ0v) is 12.0. The molecule has 0 saturated carbocycles. The van der Waals surface area contributed by atoms with E-state index in [-0.39, 0.29) is 16.7 Å². The van der Waals surface area contributed by atoms with E-state index in [4.69, 9.17) is 5.26 Å². The first kappa shape index (κ1) is 14.6. The molecular formula is C14H18N2OS. The van der Waals surface area contributed by atoms with Crippen LogP contribution in [-0.4, -0.2) is 16.7 Å². The molecule has 18 heavy (non-hydrogen) atoms.